The van der Waals surface area contributed by atoms with Crippen molar-refractivity contribution in [2.75, 3.05) is 0 Å². The van der Waals surface area contributed by atoms with Crippen molar-refractivity contribution in [2.24, 2.45) is 11.8 Å². The van der Waals surface area contributed by atoms with Crippen molar-refractivity contribution >= 4 is 0 Å². The van der Waals surface area contributed by atoms with Crippen LogP contribution in [0.4, 0.5) is 0 Å². The molecule has 0 aromatic rings. The third kappa shape index (κ3) is 2.22. The van der Waals surface area contributed by atoms with E-state index in [0.29, 0.717) is 11.8 Å². The van der Waals surface area contributed by atoms with E-state index in [0.717, 1.165) is 12.8 Å². The minimum Gasteiger partial charge on any atom is -0.390 e. The molecule has 0 aliphatic heterocycles. The molecule has 0 spiro atoms. The highest BCUT2D eigenvalue weighted by Gasteiger charge is 2.35. The van der Waals surface area contributed by atoms with Gasteiger partial charge in [0, 0.05) is 0 Å². The molecule has 0 aromatic heterocycles. The lowest BCUT2D eigenvalue weighted by Crippen LogP contribution is -2.40. The summed E-state index contributed by atoms with van der Waals surface area (Å²) in [5, 5.41) is 10.3. The van der Waals surface area contributed by atoms with Crippen LogP contribution in [0.3, 0.4) is 0 Å². The van der Waals surface area contributed by atoms with Gasteiger partial charge in [-0.05, 0) is 31.1 Å². The number of rotatable bonds is 2. The molecule has 0 unspecified atom stereocenters. The molecule has 0 saturated heterocycles. The van der Waals surface area contributed by atoms with Gasteiger partial charge >= 0.3 is 0 Å². The Kier molecular flexibility index (Phi) is 3.16. The lowest BCUT2D eigenvalue weighted by atomic mass is 9.72. The van der Waals surface area contributed by atoms with Gasteiger partial charge in [0.2, 0.25) is 0 Å². The zero-order valence-electron chi connectivity index (χ0n) is 8.64. The summed E-state index contributed by atoms with van der Waals surface area (Å²) in [6.07, 6.45) is 5.73. The van der Waals surface area contributed by atoms with Gasteiger partial charge in [-0.2, -0.15) is 0 Å². The van der Waals surface area contributed by atoms with Crippen molar-refractivity contribution in [2.45, 2.75) is 58.5 Å². The van der Waals surface area contributed by atoms with Crippen molar-refractivity contribution < 1.29 is 5.11 Å². The average Bonchev–Trinajstić information content (AvgIpc) is 1.94. The molecule has 1 rings (SSSR count). The second-order valence-electron chi connectivity index (χ2n) is 4.85. The molecule has 2 atom stereocenters. The third-order valence-corrected chi connectivity index (χ3v) is 3.18. The summed E-state index contributed by atoms with van der Waals surface area (Å²) in [6.45, 7) is 6.58. The Labute approximate surface area is 76.2 Å². The first-order valence-electron chi connectivity index (χ1n) is 5.27. The van der Waals surface area contributed by atoms with Crippen LogP contribution in [0.2, 0.25) is 0 Å². The number of aliphatic hydroxyl groups is 1. The zero-order chi connectivity index (χ0) is 9.19. The normalized spacial score (nSPS) is 37.2. The van der Waals surface area contributed by atoms with Crippen LogP contribution in [0, 0.1) is 11.8 Å². The van der Waals surface area contributed by atoms with Crippen molar-refractivity contribution in [3.63, 3.8) is 0 Å². The van der Waals surface area contributed by atoms with Crippen molar-refractivity contribution in [1.29, 1.82) is 0 Å². The summed E-state index contributed by atoms with van der Waals surface area (Å²) < 4.78 is 0. The Morgan fingerprint density at radius 3 is 2.58 bits per heavy atom. The fraction of sp³-hybridized carbons (Fsp3) is 1.00. The second kappa shape index (κ2) is 3.78. The van der Waals surface area contributed by atoms with Crippen LogP contribution in [0.15, 0.2) is 0 Å². The Bertz CT molecular complexity index is 142. The fourth-order valence-electron chi connectivity index (χ4n) is 2.41. The SMILES string of the molecule is CC(C)C[C@]1(O)CCCC[C@@H]1C. The fourth-order valence-corrected chi connectivity index (χ4v) is 2.41. The predicted molar refractivity (Wildman–Crippen MR) is 52.0 cm³/mol. The molecule has 12 heavy (non-hydrogen) atoms. The smallest absolute Gasteiger partial charge is 0.0675 e. The molecule has 1 nitrogen and oxygen atoms in total. The number of hydrogen-bond acceptors (Lipinski definition) is 1. The first-order valence-corrected chi connectivity index (χ1v) is 5.27. The summed E-state index contributed by atoms with van der Waals surface area (Å²) in [4.78, 5) is 0. The Balaban J connectivity index is 2.53. The summed E-state index contributed by atoms with van der Waals surface area (Å²) in [5.74, 6) is 1.13. The Morgan fingerprint density at radius 2 is 2.08 bits per heavy atom. The topological polar surface area (TPSA) is 20.2 Å². The third-order valence-electron chi connectivity index (χ3n) is 3.18. The van der Waals surface area contributed by atoms with Gasteiger partial charge in [-0.1, -0.05) is 33.6 Å². The Hall–Kier alpha value is -0.0400. The van der Waals surface area contributed by atoms with E-state index in [9.17, 15) is 5.11 Å². The standard InChI is InChI=1S/C11H22O/c1-9(2)8-11(12)7-5-4-6-10(11)3/h9-10,12H,4-8H2,1-3H3/t10-,11+/m0/s1. The quantitative estimate of drug-likeness (QED) is 0.675. The molecule has 1 fully saturated rings. The second-order valence-corrected chi connectivity index (χ2v) is 4.85. The van der Waals surface area contributed by atoms with Crippen LogP contribution in [-0.4, -0.2) is 10.7 Å². The molecule has 0 aromatic carbocycles. The minimum absolute atomic E-state index is 0.341. The van der Waals surface area contributed by atoms with Gasteiger partial charge in [-0.15, -0.1) is 0 Å². The van der Waals surface area contributed by atoms with Gasteiger partial charge in [0.25, 0.3) is 0 Å². The summed E-state index contributed by atoms with van der Waals surface area (Å²) in [6, 6.07) is 0. The van der Waals surface area contributed by atoms with E-state index in [-0.39, 0.29) is 5.60 Å². The van der Waals surface area contributed by atoms with Gasteiger partial charge < -0.3 is 5.11 Å². The van der Waals surface area contributed by atoms with E-state index in [1.54, 1.807) is 0 Å². The van der Waals surface area contributed by atoms with Crippen LogP contribution in [-0.2, 0) is 0 Å². The molecule has 1 heteroatoms. The molecule has 0 radical (unpaired) electrons. The van der Waals surface area contributed by atoms with Gasteiger partial charge in [-0.25, -0.2) is 0 Å². The Morgan fingerprint density at radius 1 is 1.42 bits per heavy atom. The van der Waals surface area contributed by atoms with Gasteiger partial charge in [0.1, 0.15) is 0 Å². The van der Waals surface area contributed by atoms with Crippen LogP contribution >= 0.6 is 0 Å². The maximum atomic E-state index is 10.3. The minimum atomic E-state index is -0.341. The highest BCUT2D eigenvalue weighted by atomic mass is 16.3. The monoisotopic (exact) mass is 170 g/mol. The van der Waals surface area contributed by atoms with E-state index in [4.69, 9.17) is 0 Å². The number of hydrogen-bond donors (Lipinski definition) is 1. The molecule has 1 N–H and O–H groups in total. The van der Waals surface area contributed by atoms with Gasteiger partial charge in [-0.3, -0.25) is 0 Å². The molecule has 1 saturated carbocycles. The van der Waals surface area contributed by atoms with E-state index < -0.39 is 0 Å². The predicted octanol–water partition coefficient (Wildman–Crippen LogP) is 2.97. The average molecular weight is 170 g/mol. The molecule has 0 bridgehead atoms. The summed E-state index contributed by atoms with van der Waals surface area (Å²) >= 11 is 0. The largest absolute Gasteiger partial charge is 0.390 e. The highest BCUT2D eigenvalue weighted by Crippen LogP contribution is 2.37. The molecular weight excluding hydrogens is 148 g/mol. The maximum absolute atomic E-state index is 10.3. The summed E-state index contributed by atoms with van der Waals surface area (Å²) in [5.41, 5.74) is -0.341. The van der Waals surface area contributed by atoms with Gasteiger partial charge in [0.05, 0.1) is 5.60 Å². The van der Waals surface area contributed by atoms with Crippen LogP contribution < -0.4 is 0 Å². The lowest BCUT2D eigenvalue weighted by molar-refractivity contribution is -0.0565. The molecular formula is C11H22O. The van der Waals surface area contributed by atoms with Crippen molar-refractivity contribution in [3.8, 4) is 0 Å². The highest BCUT2D eigenvalue weighted by molar-refractivity contribution is 4.88. The van der Waals surface area contributed by atoms with Crippen LogP contribution in [0.1, 0.15) is 52.9 Å². The van der Waals surface area contributed by atoms with E-state index in [1.165, 1.54) is 19.3 Å². The molecule has 1 aliphatic rings. The van der Waals surface area contributed by atoms with E-state index in [2.05, 4.69) is 20.8 Å². The van der Waals surface area contributed by atoms with E-state index >= 15 is 0 Å². The van der Waals surface area contributed by atoms with Crippen LogP contribution in [0.25, 0.3) is 0 Å². The molecule has 0 amide bonds. The van der Waals surface area contributed by atoms with Crippen LogP contribution in [0.5, 0.6) is 0 Å². The van der Waals surface area contributed by atoms with E-state index in [1.807, 2.05) is 0 Å². The summed E-state index contributed by atoms with van der Waals surface area (Å²) in [7, 11) is 0. The molecule has 1 aliphatic carbocycles. The maximum Gasteiger partial charge on any atom is 0.0675 e. The molecule has 0 heterocycles. The zero-order valence-corrected chi connectivity index (χ0v) is 8.64. The lowest BCUT2D eigenvalue weighted by Gasteiger charge is -2.39. The first-order chi connectivity index (χ1) is 5.54. The first kappa shape index (κ1) is 10.0. The van der Waals surface area contributed by atoms with Crippen molar-refractivity contribution in [3.05, 3.63) is 0 Å². The molecule has 72 valence electrons. The van der Waals surface area contributed by atoms with Crippen molar-refractivity contribution in [1.82, 2.24) is 0 Å². The van der Waals surface area contributed by atoms with Gasteiger partial charge in [0.15, 0.2) is 0 Å².